The van der Waals surface area contributed by atoms with Gasteiger partial charge in [-0.05, 0) is 36.1 Å². The summed E-state index contributed by atoms with van der Waals surface area (Å²) in [5, 5.41) is 0. The van der Waals surface area contributed by atoms with Gasteiger partial charge in [0.05, 0.1) is 18.2 Å². The molecule has 1 aliphatic carbocycles. The summed E-state index contributed by atoms with van der Waals surface area (Å²) in [6, 6.07) is 9.95. The maximum Gasteiger partial charge on any atom is 0.190 e. The quantitative estimate of drug-likeness (QED) is 0.734. The number of hydrogen-bond donors (Lipinski definition) is 1. The number of aryl methyl sites for hydroxylation is 1. The zero-order valence-electron chi connectivity index (χ0n) is 12.5. The number of nitrogens with one attached hydrogen (secondary N) is 1. The van der Waals surface area contributed by atoms with E-state index in [4.69, 9.17) is 0 Å². The Kier molecular flexibility index (Phi) is 3.35. The van der Waals surface area contributed by atoms with Crippen LogP contribution in [0.2, 0.25) is 0 Å². The van der Waals surface area contributed by atoms with E-state index in [1.165, 1.54) is 0 Å². The zero-order chi connectivity index (χ0) is 15.6. The maximum atomic E-state index is 12.7. The van der Waals surface area contributed by atoms with Gasteiger partial charge in [-0.25, -0.2) is 4.98 Å². The van der Waals surface area contributed by atoms with Gasteiger partial charge in [0.2, 0.25) is 0 Å². The molecule has 0 fully saturated rings. The van der Waals surface area contributed by atoms with Gasteiger partial charge in [0.1, 0.15) is 0 Å². The van der Waals surface area contributed by atoms with Crippen LogP contribution >= 0.6 is 0 Å². The Bertz CT molecular complexity index is 894. The van der Waals surface area contributed by atoms with Gasteiger partial charge in [0, 0.05) is 29.1 Å². The van der Waals surface area contributed by atoms with Crippen molar-refractivity contribution in [3.8, 4) is 11.3 Å². The monoisotopic (exact) mass is 301 g/mol. The van der Waals surface area contributed by atoms with Crippen LogP contribution in [0.4, 0.5) is 0 Å². The van der Waals surface area contributed by atoms with Crippen LogP contribution in [0.15, 0.2) is 60.8 Å². The first kappa shape index (κ1) is 13.6. The molecule has 2 aromatic heterocycles. The van der Waals surface area contributed by atoms with Crippen LogP contribution in [0.1, 0.15) is 27.9 Å². The number of imidazole rings is 1. The van der Waals surface area contributed by atoms with E-state index in [2.05, 4.69) is 15.0 Å². The molecular weight excluding hydrogens is 286 g/mol. The van der Waals surface area contributed by atoms with Gasteiger partial charge in [-0.3, -0.25) is 9.78 Å². The van der Waals surface area contributed by atoms with Crippen molar-refractivity contribution in [1.82, 2.24) is 15.0 Å². The van der Waals surface area contributed by atoms with Crippen LogP contribution in [0.25, 0.3) is 17.3 Å². The Morgan fingerprint density at radius 3 is 2.78 bits per heavy atom. The predicted octanol–water partition coefficient (Wildman–Crippen LogP) is 3.68. The number of aromatic amines is 1. The van der Waals surface area contributed by atoms with E-state index in [1.807, 2.05) is 36.4 Å². The summed E-state index contributed by atoms with van der Waals surface area (Å²) in [4.78, 5) is 24.0. The first-order valence-corrected chi connectivity index (χ1v) is 7.59. The van der Waals surface area contributed by atoms with Crippen molar-refractivity contribution in [2.45, 2.75) is 12.8 Å². The second-order valence-electron chi connectivity index (χ2n) is 5.58. The molecule has 4 heteroatoms. The SMILES string of the molecule is O=C1/C(=C/c2ccccc2-c2cnc[nH]2)CCc2ccncc21. The number of hydrogen-bond acceptors (Lipinski definition) is 3. The maximum absolute atomic E-state index is 12.7. The van der Waals surface area contributed by atoms with E-state index < -0.39 is 0 Å². The highest BCUT2D eigenvalue weighted by Gasteiger charge is 2.22. The average molecular weight is 301 g/mol. The van der Waals surface area contributed by atoms with Gasteiger partial charge >= 0.3 is 0 Å². The summed E-state index contributed by atoms with van der Waals surface area (Å²) in [5.41, 5.74) is 5.66. The fourth-order valence-electron chi connectivity index (χ4n) is 3.00. The van der Waals surface area contributed by atoms with E-state index in [0.29, 0.717) is 0 Å². The van der Waals surface area contributed by atoms with Crippen LogP contribution in [0, 0.1) is 0 Å². The Morgan fingerprint density at radius 1 is 1.00 bits per heavy atom. The Morgan fingerprint density at radius 2 is 1.91 bits per heavy atom. The molecule has 1 N–H and O–H groups in total. The van der Waals surface area contributed by atoms with Crippen LogP contribution in [0.5, 0.6) is 0 Å². The van der Waals surface area contributed by atoms with E-state index in [1.54, 1.807) is 24.9 Å². The normalized spacial score (nSPS) is 15.7. The van der Waals surface area contributed by atoms with Gasteiger partial charge in [0.15, 0.2) is 5.78 Å². The number of carbonyl (C=O) groups is 1. The average Bonchev–Trinajstić information content (AvgIpc) is 3.12. The molecule has 0 spiro atoms. The summed E-state index contributed by atoms with van der Waals surface area (Å²) in [7, 11) is 0. The molecule has 0 unspecified atom stereocenters. The molecule has 3 aromatic rings. The second kappa shape index (κ2) is 5.65. The highest BCUT2D eigenvalue weighted by molar-refractivity contribution is 6.13. The zero-order valence-corrected chi connectivity index (χ0v) is 12.5. The third-order valence-corrected chi connectivity index (χ3v) is 4.19. The summed E-state index contributed by atoms with van der Waals surface area (Å²) in [6.45, 7) is 0. The fourth-order valence-corrected chi connectivity index (χ4v) is 3.00. The number of carbonyl (C=O) groups excluding carboxylic acids is 1. The molecule has 0 aliphatic heterocycles. The number of H-pyrrole nitrogens is 1. The first-order chi connectivity index (χ1) is 11.3. The summed E-state index contributed by atoms with van der Waals surface area (Å²) in [6.07, 6.45) is 10.5. The molecule has 4 nitrogen and oxygen atoms in total. The number of allylic oxidation sites excluding steroid dienone is 1. The van der Waals surface area contributed by atoms with E-state index >= 15 is 0 Å². The first-order valence-electron chi connectivity index (χ1n) is 7.59. The third kappa shape index (κ3) is 2.48. The number of rotatable bonds is 2. The molecule has 1 aliphatic rings. The highest BCUT2D eigenvalue weighted by atomic mass is 16.1. The van der Waals surface area contributed by atoms with Gasteiger partial charge in [-0.1, -0.05) is 24.3 Å². The molecule has 1 aromatic carbocycles. The smallest absolute Gasteiger partial charge is 0.190 e. The second-order valence-corrected chi connectivity index (χ2v) is 5.58. The molecule has 0 saturated carbocycles. The lowest BCUT2D eigenvalue weighted by molar-refractivity contribution is 0.102. The van der Waals surface area contributed by atoms with E-state index in [9.17, 15) is 4.79 Å². The number of Topliss-reactive ketones (excluding diaryl/α,β-unsaturated/α-hetero) is 1. The number of benzene rings is 1. The minimum Gasteiger partial charge on any atom is -0.345 e. The van der Waals surface area contributed by atoms with Crippen molar-refractivity contribution in [3.63, 3.8) is 0 Å². The number of nitrogens with zero attached hydrogens (tertiary/aromatic N) is 2. The molecule has 2 heterocycles. The molecule has 23 heavy (non-hydrogen) atoms. The molecular formula is C19H15N3O. The molecule has 112 valence electrons. The molecule has 0 saturated heterocycles. The van der Waals surface area contributed by atoms with Crippen molar-refractivity contribution in [2.24, 2.45) is 0 Å². The summed E-state index contributed by atoms with van der Waals surface area (Å²) in [5.74, 6) is 0.0822. The Labute approximate surface area is 133 Å². The highest BCUT2D eigenvalue weighted by Crippen LogP contribution is 2.29. The molecule has 0 amide bonds. The van der Waals surface area contributed by atoms with Crippen LogP contribution in [-0.2, 0) is 6.42 Å². The number of ketones is 1. The van der Waals surface area contributed by atoms with Crippen LogP contribution in [0.3, 0.4) is 0 Å². The van der Waals surface area contributed by atoms with Crippen LogP contribution < -0.4 is 0 Å². The van der Waals surface area contributed by atoms with Gasteiger partial charge in [0.25, 0.3) is 0 Å². The van der Waals surface area contributed by atoms with Crippen molar-refractivity contribution < 1.29 is 4.79 Å². The van der Waals surface area contributed by atoms with Gasteiger partial charge < -0.3 is 4.98 Å². The molecule has 4 rings (SSSR count). The minimum atomic E-state index is 0.0822. The lowest BCUT2D eigenvalue weighted by Crippen LogP contribution is -2.14. The minimum absolute atomic E-state index is 0.0822. The fraction of sp³-hybridized carbons (Fsp3) is 0.105. The topological polar surface area (TPSA) is 58.6 Å². The predicted molar refractivity (Wildman–Crippen MR) is 88.9 cm³/mol. The molecule has 0 radical (unpaired) electrons. The molecule has 0 atom stereocenters. The van der Waals surface area contributed by atoms with Gasteiger partial charge in [-0.2, -0.15) is 0 Å². The standard InChI is InChI=1S/C19H15N3O/c23-19-15(6-5-13-7-8-20-10-17(13)19)9-14-3-1-2-4-16(14)18-11-21-12-22-18/h1-4,7-12H,5-6H2,(H,21,22)/b15-9+. The Balaban J connectivity index is 1.77. The summed E-state index contributed by atoms with van der Waals surface area (Å²) >= 11 is 0. The van der Waals surface area contributed by atoms with Crippen molar-refractivity contribution in [1.29, 1.82) is 0 Å². The van der Waals surface area contributed by atoms with Crippen molar-refractivity contribution in [2.75, 3.05) is 0 Å². The molecule has 0 bridgehead atoms. The lowest BCUT2D eigenvalue weighted by Gasteiger charge is -2.17. The third-order valence-electron chi connectivity index (χ3n) is 4.19. The number of aromatic nitrogens is 3. The number of fused-ring (bicyclic) bond motifs is 1. The van der Waals surface area contributed by atoms with Crippen molar-refractivity contribution in [3.05, 3.63) is 77.5 Å². The van der Waals surface area contributed by atoms with E-state index in [-0.39, 0.29) is 5.78 Å². The number of pyridine rings is 1. The Hall–Kier alpha value is -3.01. The van der Waals surface area contributed by atoms with Crippen molar-refractivity contribution >= 4 is 11.9 Å². The lowest BCUT2D eigenvalue weighted by atomic mass is 9.86. The van der Waals surface area contributed by atoms with Crippen LogP contribution in [-0.4, -0.2) is 20.7 Å². The van der Waals surface area contributed by atoms with E-state index in [0.717, 1.165) is 46.4 Å². The largest absolute Gasteiger partial charge is 0.345 e. The summed E-state index contributed by atoms with van der Waals surface area (Å²) < 4.78 is 0. The van der Waals surface area contributed by atoms with Gasteiger partial charge in [-0.15, -0.1) is 0 Å².